The van der Waals surface area contributed by atoms with Gasteiger partial charge in [0.2, 0.25) is 0 Å². The molecule has 182 valence electrons. The van der Waals surface area contributed by atoms with Crippen molar-refractivity contribution in [1.29, 1.82) is 0 Å². The molecule has 0 bridgehead atoms. The summed E-state index contributed by atoms with van der Waals surface area (Å²) in [6.07, 6.45) is 0. The molecule has 0 saturated carbocycles. The third kappa shape index (κ3) is 4.14. The minimum absolute atomic E-state index is 0.649. The lowest BCUT2D eigenvalue weighted by atomic mass is 10.1. The fourth-order valence-corrected chi connectivity index (χ4v) is 4.44. The van der Waals surface area contributed by atoms with Gasteiger partial charge in [-0.1, -0.05) is 77.0 Å². The lowest BCUT2D eigenvalue weighted by Crippen LogP contribution is -1.88. The summed E-state index contributed by atoms with van der Waals surface area (Å²) in [5, 5.41) is 10.1. The van der Waals surface area contributed by atoms with E-state index in [1.54, 1.807) is 0 Å². The highest BCUT2D eigenvalue weighted by atomic mass is 16.5. The second-order valence-electron chi connectivity index (χ2n) is 8.79. The number of fused-ring (bicyclic) bond motifs is 2. The van der Waals surface area contributed by atoms with Crippen molar-refractivity contribution < 1.29 is 18.5 Å². The van der Waals surface area contributed by atoms with Gasteiger partial charge in [0.15, 0.2) is 11.5 Å². The van der Waals surface area contributed by atoms with Crippen LogP contribution in [0.4, 0.5) is 0 Å². The smallest absolute Gasteiger partial charge is 0.174 e. The maximum absolute atomic E-state index is 6.19. The van der Waals surface area contributed by atoms with Crippen molar-refractivity contribution >= 4 is 21.8 Å². The molecule has 0 atom stereocenters. The lowest BCUT2D eigenvalue weighted by Gasteiger charge is -2.09. The van der Waals surface area contributed by atoms with Gasteiger partial charge in [-0.3, -0.25) is 0 Å². The van der Waals surface area contributed by atoms with Crippen molar-refractivity contribution in [3.8, 4) is 45.6 Å². The molecule has 0 radical (unpaired) electrons. The van der Waals surface area contributed by atoms with Crippen LogP contribution in [0, 0.1) is 0 Å². The Balaban J connectivity index is 1.15. The van der Waals surface area contributed by atoms with E-state index < -0.39 is 0 Å². The molecule has 0 fully saturated rings. The largest absolute Gasteiger partial charge is 0.457 e. The molecule has 0 spiro atoms. The van der Waals surface area contributed by atoms with Crippen LogP contribution in [0.5, 0.6) is 23.0 Å². The van der Waals surface area contributed by atoms with Gasteiger partial charge in [0.25, 0.3) is 0 Å². The standard InChI is InChI=1S/C32H20N2O4/c1-3-8-21(9-4-1)31-27-19-25(14-16-29(27)33-37-31)35-23-12-7-13-24(18-23)36-26-15-17-30-28(20-26)32(38-34-30)22-10-5-2-6-11-22/h1-20H. The van der Waals surface area contributed by atoms with Gasteiger partial charge in [0.1, 0.15) is 34.0 Å². The van der Waals surface area contributed by atoms with E-state index in [0.717, 1.165) is 32.9 Å². The maximum atomic E-state index is 6.19. The fraction of sp³-hybridized carbons (Fsp3) is 0. The molecular formula is C32H20N2O4. The van der Waals surface area contributed by atoms with Gasteiger partial charge in [-0.05, 0) is 48.5 Å². The highest BCUT2D eigenvalue weighted by Gasteiger charge is 2.14. The molecule has 6 nitrogen and oxygen atoms in total. The van der Waals surface area contributed by atoms with Crippen molar-refractivity contribution in [1.82, 2.24) is 10.3 Å². The van der Waals surface area contributed by atoms with Gasteiger partial charge in [0, 0.05) is 17.2 Å². The van der Waals surface area contributed by atoms with Crippen LogP contribution >= 0.6 is 0 Å². The Kier molecular flexibility index (Phi) is 5.33. The Morgan fingerprint density at radius 1 is 0.421 bits per heavy atom. The van der Waals surface area contributed by atoms with Crippen molar-refractivity contribution in [3.05, 3.63) is 121 Å². The first kappa shape index (κ1) is 21.9. The summed E-state index contributed by atoms with van der Waals surface area (Å²) in [5.74, 6) is 4.07. The number of benzene rings is 5. The van der Waals surface area contributed by atoms with Crippen LogP contribution in [0.3, 0.4) is 0 Å². The van der Waals surface area contributed by atoms with Crippen LogP contribution in [-0.2, 0) is 0 Å². The molecule has 5 aromatic carbocycles. The molecule has 6 heteroatoms. The monoisotopic (exact) mass is 496 g/mol. The molecule has 0 saturated heterocycles. The topological polar surface area (TPSA) is 70.5 Å². The van der Waals surface area contributed by atoms with E-state index >= 15 is 0 Å². The minimum atomic E-state index is 0.649. The van der Waals surface area contributed by atoms with Crippen LogP contribution in [0.15, 0.2) is 130 Å². The normalized spacial score (nSPS) is 11.2. The Labute approximate surface area is 217 Å². The van der Waals surface area contributed by atoms with Gasteiger partial charge in [-0.2, -0.15) is 0 Å². The molecule has 0 unspecified atom stereocenters. The molecule has 2 heterocycles. The SMILES string of the molecule is c1ccc(-c2onc3ccc(Oc4cccc(Oc5ccc6noc(-c7ccccc7)c6c5)c4)cc23)cc1. The molecular weight excluding hydrogens is 476 g/mol. The summed E-state index contributed by atoms with van der Waals surface area (Å²) in [6.45, 7) is 0. The summed E-state index contributed by atoms with van der Waals surface area (Å²) in [6, 6.07) is 38.7. The molecule has 0 N–H and O–H groups in total. The number of hydrogen-bond acceptors (Lipinski definition) is 6. The van der Waals surface area contributed by atoms with Crippen molar-refractivity contribution in [3.63, 3.8) is 0 Å². The van der Waals surface area contributed by atoms with Gasteiger partial charge in [-0.25, -0.2) is 0 Å². The predicted octanol–water partition coefficient (Wildman–Crippen LogP) is 8.89. The summed E-state index contributed by atoms with van der Waals surface area (Å²) >= 11 is 0. The van der Waals surface area contributed by atoms with Gasteiger partial charge in [-0.15, -0.1) is 0 Å². The summed E-state index contributed by atoms with van der Waals surface area (Å²) < 4.78 is 23.6. The molecule has 0 aliphatic rings. The summed E-state index contributed by atoms with van der Waals surface area (Å²) in [4.78, 5) is 0. The third-order valence-electron chi connectivity index (χ3n) is 6.24. The Bertz CT molecular complexity index is 1740. The van der Waals surface area contributed by atoms with E-state index in [1.165, 1.54) is 0 Å². The van der Waals surface area contributed by atoms with Crippen molar-refractivity contribution in [2.45, 2.75) is 0 Å². The second kappa shape index (κ2) is 9.26. The first-order valence-electron chi connectivity index (χ1n) is 12.2. The average molecular weight is 497 g/mol. The predicted molar refractivity (Wildman–Crippen MR) is 145 cm³/mol. The molecule has 0 amide bonds. The molecule has 38 heavy (non-hydrogen) atoms. The lowest BCUT2D eigenvalue weighted by molar-refractivity contribution is 0.441. The number of rotatable bonds is 6. The first-order chi connectivity index (χ1) is 18.8. The number of nitrogens with zero attached hydrogens (tertiary/aromatic N) is 2. The van der Waals surface area contributed by atoms with Gasteiger partial charge >= 0.3 is 0 Å². The number of ether oxygens (including phenoxy) is 2. The average Bonchev–Trinajstić information content (AvgIpc) is 3.58. The first-order valence-corrected chi connectivity index (χ1v) is 12.2. The molecule has 2 aromatic heterocycles. The fourth-order valence-electron chi connectivity index (χ4n) is 4.44. The molecule has 0 aliphatic heterocycles. The van der Waals surface area contributed by atoms with E-state index in [-0.39, 0.29) is 0 Å². The molecule has 7 rings (SSSR count). The van der Waals surface area contributed by atoms with E-state index in [1.807, 2.05) is 121 Å². The van der Waals surface area contributed by atoms with Crippen LogP contribution in [0.1, 0.15) is 0 Å². The van der Waals surface area contributed by atoms with E-state index in [0.29, 0.717) is 34.5 Å². The van der Waals surface area contributed by atoms with Crippen LogP contribution in [-0.4, -0.2) is 10.3 Å². The highest BCUT2D eigenvalue weighted by molar-refractivity contribution is 5.93. The number of hydrogen-bond donors (Lipinski definition) is 0. The third-order valence-corrected chi connectivity index (χ3v) is 6.24. The molecule has 0 aliphatic carbocycles. The van der Waals surface area contributed by atoms with Crippen LogP contribution in [0.2, 0.25) is 0 Å². The Morgan fingerprint density at radius 2 is 0.868 bits per heavy atom. The highest BCUT2D eigenvalue weighted by Crippen LogP contribution is 2.35. The van der Waals surface area contributed by atoms with E-state index in [2.05, 4.69) is 10.3 Å². The Hall–Kier alpha value is -5.36. The second-order valence-corrected chi connectivity index (χ2v) is 8.79. The van der Waals surface area contributed by atoms with E-state index in [9.17, 15) is 0 Å². The summed E-state index contributed by atoms with van der Waals surface area (Å²) in [7, 11) is 0. The minimum Gasteiger partial charge on any atom is -0.457 e. The zero-order chi connectivity index (χ0) is 25.3. The molecule has 7 aromatic rings. The van der Waals surface area contributed by atoms with Crippen molar-refractivity contribution in [2.24, 2.45) is 0 Å². The van der Waals surface area contributed by atoms with Gasteiger partial charge in [0.05, 0.1) is 10.8 Å². The summed E-state index contributed by atoms with van der Waals surface area (Å²) in [5.41, 5.74) is 3.46. The van der Waals surface area contributed by atoms with Crippen LogP contribution in [0.25, 0.3) is 44.5 Å². The van der Waals surface area contributed by atoms with Crippen molar-refractivity contribution in [2.75, 3.05) is 0 Å². The zero-order valence-corrected chi connectivity index (χ0v) is 20.1. The number of aromatic nitrogens is 2. The zero-order valence-electron chi connectivity index (χ0n) is 20.1. The van der Waals surface area contributed by atoms with Gasteiger partial charge < -0.3 is 18.5 Å². The van der Waals surface area contributed by atoms with E-state index in [4.69, 9.17) is 18.5 Å². The maximum Gasteiger partial charge on any atom is 0.174 e. The quantitative estimate of drug-likeness (QED) is 0.229. The van der Waals surface area contributed by atoms with Crippen LogP contribution < -0.4 is 9.47 Å². The Morgan fingerprint density at radius 3 is 1.34 bits per heavy atom.